The van der Waals surface area contributed by atoms with E-state index in [-0.39, 0.29) is 18.4 Å². The molecule has 3 aromatic carbocycles. The van der Waals surface area contributed by atoms with Gasteiger partial charge in [-0.3, -0.25) is 9.59 Å². The molecule has 4 aromatic rings. The SMILES string of the molecule is NCc1cccc(-c2cc(COc3ccccc3[C@@H](NC(=O)C3CC3)OC=O)cc3ccoc23)c1. The number of carbonyl (C=O) groups is 2. The smallest absolute Gasteiger partial charge is 0.295 e. The largest absolute Gasteiger partial charge is 0.488 e. The second-order valence-electron chi connectivity index (χ2n) is 8.61. The highest BCUT2D eigenvalue weighted by Gasteiger charge is 2.32. The van der Waals surface area contributed by atoms with Gasteiger partial charge in [-0.1, -0.05) is 30.3 Å². The van der Waals surface area contributed by atoms with Crippen LogP contribution in [0.5, 0.6) is 5.75 Å². The number of rotatable bonds is 10. The highest BCUT2D eigenvalue weighted by Crippen LogP contribution is 2.34. The lowest BCUT2D eigenvalue weighted by atomic mass is 9.99. The van der Waals surface area contributed by atoms with E-state index >= 15 is 0 Å². The van der Waals surface area contributed by atoms with Crippen LogP contribution in [0.1, 0.15) is 35.8 Å². The van der Waals surface area contributed by atoms with E-state index in [0.29, 0.717) is 24.3 Å². The van der Waals surface area contributed by atoms with Gasteiger partial charge in [-0.05, 0) is 65.9 Å². The predicted octanol–water partition coefficient (Wildman–Crippen LogP) is 4.84. The predicted molar refractivity (Wildman–Crippen MR) is 131 cm³/mol. The summed E-state index contributed by atoms with van der Waals surface area (Å²) in [6.45, 7) is 1.06. The van der Waals surface area contributed by atoms with Gasteiger partial charge in [0.1, 0.15) is 17.9 Å². The zero-order chi connectivity index (χ0) is 24.2. The monoisotopic (exact) mass is 470 g/mol. The molecule has 1 aliphatic carbocycles. The van der Waals surface area contributed by atoms with E-state index in [1.54, 1.807) is 18.4 Å². The number of nitrogens with one attached hydrogen (secondary N) is 1. The molecule has 7 nitrogen and oxygen atoms in total. The van der Waals surface area contributed by atoms with Crippen LogP contribution in [0, 0.1) is 5.92 Å². The van der Waals surface area contributed by atoms with E-state index in [2.05, 4.69) is 11.4 Å². The maximum absolute atomic E-state index is 12.3. The first-order valence-electron chi connectivity index (χ1n) is 11.6. The molecule has 0 bridgehead atoms. The first-order valence-corrected chi connectivity index (χ1v) is 11.6. The Balaban J connectivity index is 1.42. The molecule has 5 rings (SSSR count). The zero-order valence-corrected chi connectivity index (χ0v) is 19.1. The normalized spacial score (nSPS) is 13.9. The lowest BCUT2D eigenvalue weighted by molar-refractivity contribution is -0.139. The molecule has 0 saturated heterocycles. The van der Waals surface area contributed by atoms with Gasteiger partial charge in [-0.15, -0.1) is 0 Å². The van der Waals surface area contributed by atoms with Crippen LogP contribution in [0.15, 0.2) is 77.4 Å². The van der Waals surface area contributed by atoms with Gasteiger partial charge in [0.25, 0.3) is 6.47 Å². The molecule has 7 heteroatoms. The van der Waals surface area contributed by atoms with Gasteiger partial charge in [-0.2, -0.15) is 0 Å². The molecule has 178 valence electrons. The number of furan rings is 1. The minimum atomic E-state index is -0.914. The van der Waals surface area contributed by atoms with Crippen molar-refractivity contribution in [3.63, 3.8) is 0 Å². The molecule has 1 fully saturated rings. The molecule has 0 spiro atoms. The summed E-state index contributed by atoms with van der Waals surface area (Å²) in [5.41, 5.74) is 11.2. The summed E-state index contributed by atoms with van der Waals surface area (Å²) in [6.07, 6.45) is 2.46. The van der Waals surface area contributed by atoms with Crippen molar-refractivity contribution < 1.29 is 23.5 Å². The first kappa shape index (κ1) is 22.7. The summed E-state index contributed by atoms with van der Waals surface area (Å²) >= 11 is 0. The summed E-state index contributed by atoms with van der Waals surface area (Å²) in [4.78, 5) is 23.4. The van der Waals surface area contributed by atoms with Crippen LogP contribution in [0.3, 0.4) is 0 Å². The summed E-state index contributed by atoms with van der Waals surface area (Å²) in [6, 6.07) is 21.3. The summed E-state index contributed by atoms with van der Waals surface area (Å²) in [5, 5.41) is 3.77. The minimum Gasteiger partial charge on any atom is -0.488 e. The number of hydrogen-bond donors (Lipinski definition) is 2. The fourth-order valence-corrected chi connectivity index (χ4v) is 4.13. The number of hydrogen-bond acceptors (Lipinski definition) is 6. The molecule has 1 atom stereocenters. The van der Waals surface area contributed by atoms with Gasteiger partial charge >= 0.3 is 0 Å². The van der Waals surface area contributed by atoms with Crippen molar-refractivity contribution in [2.24, 2.45) is 11.7 Å². The van der Waals surface area contributed by atoms with Crippen LogP contribution in [-0.2, 0) is 27.5 Å². The molecule has 0 unspecified atom stereocenters. The van der Waals surface area contributed by atoms with Gasteiger partial charge in [-0.25, -0.2) is 0 Å². The molecule has 3 N–H and O–H groups in total. The highest BCUT2D eigenvalue weighted by atomic mass is 16.5. The van der Waals surface area contributed by atoms with E-state index in [1.165, 1.54) is 0 Å². The molecule has 0 radical (unpaired) electrons. The molecule has 35 heavy (non-hydrogen) atoms. The quantitative estimate of drug-likeness (QED) is 0.254. The lowest BCUT2D eigenvalue weighted by Gasteiger charge is -2.20. The Labute approximate surface area is 202 Å². The fourth-order valence-electron chi connectivity index (χ4n) is 4.13. The summed E-state index contributed by atoms with van der Waals surface area (Å²) in [5.74, 6) is 0.384. The van der Waals surface area contributed by atoms with Crippen molar-refractivity contribution in [1.29, 1.82) is 0 Å². The zero-order valence-electron chi connectivity index (χ0n) is 19.1. The molecule has 1 aliphatic rings. The number of fused-ring (bicyclic) bond motifs is 1. The van der Waals surface area contributed by atoms with Gasteiger partial charge in [0, 0.05) is 23.4 Å². The second-order valence-corrected chi connectivity index (χ2v) is 8.61. The Morgan fingerprint density at radius 3 is 2.74 bits per heavy atom. The molecular formula is C28H26N2O5. The van der Waals surface area contributed by atoms with Crippen LogP contribution in [0.2, 0.25) is 0 Å². The third-order valence-electron chi connectivity index (χ3n) is 6.09. The van der Waals surface area contributed by atoms with E-state index in [0.717, 1.165) is 46.1 Å². The average Bonchev–Trinajstić information content (AvgIpc) is 3.64. The van der Waals surface area contributed by atoms with Gasteiger partial charge in [0.2, 0.25) is 12.1 Å². The van der Waals surface area contributed by atoms with Crippen molar-refractivity contribution >= 4 is 23.3 Å². The van der Waals surface area contributed by atoms with Crippen LogP contribution >= 0.6 is 0 Å². The number of benzene rings is 3. The minimum absolute atomic E-state index is 0.0151. The van der Waals surface area contributed by atoms with E-state index < -0.39 is 6.23 Å². The van der Waals surface area contributed by atoms with Crippen molar-refractivity contribution in [1.82, 2.24) is 5.32 Å². The second kappa shape index (κ2) is 10.0. The Morgan fingerprint density at radius 1 is 1.09 bits per heavy atom. The average molecular weight is 471 g/mol. The molecule has 1 heterocycles. The Morgan fingerprint density at radius 2 is 1.94 bits per heavy atom. The van der Waals surface area contributed by atoms with Crippen LogP contribution < -0.4 is 15.8 Å². The third-order valence-corrected chi connectivity index (χ3v) is 6.09. The Bertz CT molecular complexity index is 1360. The van der Waals surface area contributed by atoms with Gasteiger partial charge in [0.05, 0.1) is 11.8 Å². The molecule has 1 saturated carbocycles. The number of carbonyl (C=O) groups excluding carboxylic acids is 2. The lowest BCUT2D eigenvalue weighted by Crippen LogP contribution is -2.31. The van der Waals surface area contributed by atoms with Crippen molar-refractivity contribution in [3.05, 3.63) is 89.7 Å². The maximum atomic E-state index is 12.3. The number of nitrogens with two attached hydrogens (primary N) is 1. The van der Waals surface area contributed by atoms with Gasteiger partial charge < -0.3 is 24.9 Å². The topological polar surface area (TPSA) is 104 Å². The Hall–Kier alpha value is -4.10. The van der Waals surface area contributed by atoms with Crippen molar-refractivity contribution in [2.75, 3.05) is 0 Å². The molecule has 1 amide bonds. The highest BCUT2D eigenvalue weighted by molar-refractivity contribution is 5.93. The molecular weight excluding hydrogens is 444 g/mol. The summed E-state index contributed by atoms with van der Waals surface area (Å²) in [7, 11) is 0. The van der Waals surface area contributed by atoms with Crippen molar-refractivity contribution in [2.45, 2.75) is 32.2 Å². The number of ether oxygens (including phenoxy) is 2. The first-order chi connectivity index (χ1) is 17.2. The number of amides is 1. The maximum Gasteiger partial charge on any atom is 0.295 e. The van der Waals surface area contributed by atoms with Crippen molar-refractivity contribution in [3.8, 4) is 16.9 Å². The van der Waals surface area contributed by atoms with Crippen LogP contribution in [-0.4, -0.2) is 12.4 Å². The summed E-state index contributed by atoms with van der Waals surface area (Å²) < 4.78 is 17.1. The van der Waals surface area contributed by atoms with E-state index in [4.69, 9.17) is 19.6 Å². The van der Waals surface area contributed by atoms with Crippen LogP contribution in [0.25, 0.3) is 22.1 Å². The standard InChI is InChI=1S/C28H26N2O5/c29-15-18-4-3-5-21(12-18)24-14-19(13-22-10-11-33-26(22)24)16-34-25-7-2-1-6-23(25)28(35-17-31)30-27(32)20-8-9-20/h1-7,10-14,17,20,28H,8-9,15-16,29H2,(H,30,32)/t28-/m0/s1. The van der Waals surface area contributed by atoms with Gasteiger partial charge in [0.15, 0.2) is 0 Å². The Kier molecular flexibility index (Phi) is 6.50. The third kappa shape index (κ3) is 5.05. The van der Waals surface area contributed by atoms with E-state index in [1.807, 2.05) is 48.5 Å². The van der Waals surface area contributed by atoms with E-state index in [9.17, 15) is 9.59 Å². The molecule has 0 aliphatic heterocycles. The number of para-hydroxylation sites is 1. The fraction of sp³-hybridized carbons (Fsp3) is 0.214. The van der Waals surface area contributed by atoms with Crippen LogP contribution in [0.4, 0.5) is 0 Å². The molecule has 1 aromatic heterocycles.